The van der Waals surface area contributed by atoms with E-state index in [1.54, 1.807) is 12.0 Å². The number of nitrogens with zero attached hydrogens (tertiary/aromatic N) is 1. The van der Waals surface area contributed by atoms with Crippen molar-refractivity contribution in [1.82, 2.24) is 4.90 Å². The molecule has 2 aliphatic heterocycles. The van der Waals surface area contributed by atoms with Crippen molar-refractivity contribution in [1.29, 1.82) is 0 Å². The number of benzene rings is 1. The smallest absolute Gasteiger partial charge is 0.227 e. The van der Waals surface area contributed by atoms with Crippen LogP contribution >= 0.6 is 0 Å². The fourth-order valence-corrected chi connectivity index (χ4v) is 3.19. The summed E-state index contributed by atoms with van der Waals surface area (Å²) >= 11 is 0. The molecule has 5 nitrogen and oxygen atoms in total. The van der Waals surface area contributed by atoms with Crippen LogP contribution in [0.3, 0.4) is 0 Å². The lowest BCUT2D eigenvalue weighted by molar-refractivity contribution is -0.130. The molecule has 0 aromatic heterocycles. The summed E-state index contributed by atoms with van der Waals surface area (Å²) in [6.07, 6.45) is 1.56. The number of aliphatic hydroxyl groups is 1. The first kappa shape index (κ1) is 14.4. The van der Waals surface area contributed by atoms with E-state index in [0.29, 0.717) is 26.1 Å². The van der Waals surface area contributed by atoms with Crippen LogP contribution in [0.4, 0.5) is 0 Å². The number of carbonyl (C=O) groups is 1. The summed E-state index contributed by atoms with van der Waals surface area (Å²) < 4.78 is 10.8. The molecule has 1 N–H and O–H groups in total. The van der Waals surface area contributed by atoms with Crippen molar-refractivity contribution >= 4 is 5.91 Å². The Morgan fingerprint density at radius 3 is 2.86 bits per heavy atom. The molecule has 5 heteroatoms. The summed E-state index contributed by atoms with van der Waals surface area (Å²) in [6, 6.07) is 7.49. The number of hydrogen-bond donors (Lipinski definition) is 1. The highest BCUT2D eigenvalue weighted by molar-refractivity contribution is 5.79. The lowest BCUT2D eigenvalue weighted by atomic mass is 9.97. The molecule has 114 valence electrons. The summed E-state index contributed by atoms with van der Waals surface area (Å²) in [5.74, 6) is 0.813. The van der Waals surface area contributed by atoms with E-state index in [0.717, 1.165) is 24.2 Å². The van der Waals surface area contributed by atoms with E-state index in [4.69, 9.17) is 9.47 Å². The third-order valence-corrected chi connectivity index (χ3v) is 4.46. The zero-order chi connectivity index (χ0) is 14.9. The van der Waals surface area contributed by atoms with Gasteiger partial charge in [0.25, 0.3) is 0 Å². The van der Waals surface area contributed by atoms with Gasteiger partial charge in [-0.1, -0.05) is 12.1 Å². The van der Waals surface area contributed by atoms with Gasteiger partial charge in [0.15, 0.2) is 0 Å². The summed E-state index contributed by atoms with van der Waals surface area (Å²) in [4.78, 5) is 14.1. The zero-order valence-electron chi connectivity index (χ0n) is 12.2. The molecule has 0 radical (unpaired) electrons. The van der Waals surface area contributed by atoms with Crippen LogP contribution in [0.1, 0.15) is 18.4 Å². The normalized spacial score (nSPS) is 28.3. The monoisotopic (exact) mass is 291 g/mol. The Morgan fingerprint density at radius 2 is 2.24 bits per heavy atom. The van der Waals surface area contributed by atoms with Crippen LogP contribution < -0.4 is 4.74 Å². The molecular formula is C16H21NO4. The highest BCUT2D eigenvalue weighted by Crippen LogP contribution is 2.35. The van der Waals surface area contributed by atoms with Gasteiger partial charge < -0.3 is 19.5 Å². The van der Waals surface area contributed by atoms with Crippen molar-refractivity contribution in [3.8, 4) is 5.75 Å². The van der Waals surface area contributed by atoms with Crippen LogP contribution in [0, 0.1) is 0 Å². The zero-order valence-corrected chi connectivity index (χ0v) is 12.2. The Balaban J connectivity index is 1.63. The number of methoxy groups -OCH3 is 1. The average molecular weight is 291 g/mol. The van der Waals surface area contributed by atoms with Gasteiger partial charge in [0.1, 0.15) is 17.5 Å². The highest BCUT2D eigenvalue weighted by atomic mass is 16.5. The number of carbonyl (C=O) groups excluding carboxylic acids is 1. The van der Waals surface area contributed by atoms with Gasteiger partial charge >= 0.3 is 0 Å². The summed E-state index contributed by atoms with van der Waals surface area (Å²) in [7, 11) is 1.62. The minimum atomic E-state index is -0.570. The van der Waals surface area contributed by atoms with Gasteiger partial charge in [0.05, 0.1) is 20.1 Å². The lowest BCUT2D eigenvalue weighted by Gasteiger charge is -2.25. The van der Waals surface area contributed by atoms with Crippen LogP contribution in [0.25, 0.3) is 0 Å². The third-order valence-electron chi connectivity index (χ3n) is 4.46. The average Bonchev–Trinajstić information content (AvgIpc) is 3.09. The summed E-state index contributed by atoms with van der Waals surface area (Å²) in [6.45, 7) is 1.55. The third kappa shape index (κ3) is 2.76. The van der Waals surface area contributed by atoms with Gasteiger partial charge in [-0.15, -0.1) is 0 Å². The first-order valence-corrected chi connectivity index (χ1v) is 7.36. The number of rotatable bonds is 3. The molecule has 0 bridgehead atoms. The van der Waals surface area contributed by atoms with Gasteiger partial charge in [-0.05, 0) is 30.5 Å². The molecular weight excluding hydrogens is 270 g/mol. The van der Waals surface area contributed by atoms with Gasteiger partial charge in [-0.3, -0.25) is 4.79 Å². The predicted octanol–water partition coefficient (Wildman–Crippen LogP) is 0.990. The van der Waals surface area contributed by atoms with Crippen molar-refractivity contribution in [3.63, 3.8) is 0 Å². The second-order valence-electron chi connectivity index (χ2n) is 5.83. The molecule has 1 spiro atoms. The Morgan fingerprint density at radius 1 is 1.48 bits per heavy atom. The molecule has 1 aromatic rings. The van der Waals surface area contributed by atoms with Crippen molar-refractivity contribution in [2.75, 3.05) is 26.8 Å². The van der Waals surface area contributed by atoms with E-state index in [-0.39, 0.29) is 5.91 Å². The highest BCUT2D eigenvalue weighted by Gasteiger charge is 2.50. The maximum Gasteiger partial charge on any atom is 0.227 e. The summed E-state index contributed by atoms with van der Waals surface area (Å²) in [5, 5.41) is 10.2. The SMILES string of the molecule is COc1ccc(CC(=O)N2C[C@H](O)[C@]3(CCCO3)C2)cc1. The Kier molecular flexibility index (Phi) is 3.87. The van der Waals surface area contributed by atoms with E-state index in [9.17, 15) is 9.90 Å². The Bertz CT molecular complexity index is 508. The van der Waals surface area contributed by atoms with Gasteiger partial charge in [-0.25, -0.2) is 0 Å². The van der Waals surface area contributed by atoms with Crippen molar-refractivity contribution in [2.24, 2.45) is 0 Å². The molecule has 2 heterocycles. The second kappa shape index (κ2) is 5.66. The van der Waals surface area contributed by atoms with Crippen LogP contribution in [0.5, 0.6) is 5.75 Å². The topological polar surface area (TPSA) is 59.0 Å². The Labute approximate surface area is 124 Å². The van der Waals surface area contributed by atoms with Gasteiger partial charge in [-0.2, -0.15) is 0 Å². The molecule has 3 rings (SSSR count). The van der Waals surface area contributed by atoms with E-state index < -0.39 is 11.7 Å². The molecule has 0 saturated carbocycles. The minimum Gasteiger partial charge on any atom is -0.497 e. The second-order valence-corrected chi connectivity index (χ2v) is 5.83. The number of amides is 1. The number of ether oxygens (including phenoxy) is 2. The standard InChI is InChI=1S/C16H21NO4/c1-20-13-5-3-12(4-6-13)9-15(19)17-10-14(18)16(11-17)7-2-8-21-16/h3-6,14,18H,2,7-11H2,1H3/t14-,16-/m0/s1. The molecule has 0 aliphatic carbocycles. The predicted molar refractivity (Wildman–Crippen MR) is 77.2 cm³/mol. The maximum atomic E-state index is 12.4. The van der Waals surface area contributed by atoms with E-state index in [2.05, 4.69) is 0 Å². The number of hydrogen-bond acceptors (Lipinski definition) is 4. The molecule has 0 unspecified atom stereocenters. The minimum absolute atomic E-state index is 0.0339. The lowest BCUT2D eigenvalue weighted by Crippen LogP contribution is -2.41. The molecule has 1 aromatic carbocycles. The van der Waals surface area contributed by atoms with E-state index >= 15 is 0 Å². The van der Waals surface area contributed by atoms with Gasteiger partial charge in [0, 0.05) is 13.2 Å². The number of β-amino-alcohol motifs (C(OH)–C–C–N with tert-alkyl or cyclic N) is 1. The fraction of sp³-hybridized carbons (Fsp3) is 0.562. The van der Waals surface area contributed by atoms with Crippen LogP contribution in [0.2, 0.25) is 0 Å². The first-order valence-electron chi connectivity index (χ1n) is 7.36. The van der Waals surface area contributed by atoms with E-state index in [1.165, 1.54) is 0 Å². The number of likely N-dealkylation sites (tertiary alicyclic amines) is 1. The molecule has 2 saturated heterocycles. The quantitative estimate of drug-likeness (QED) is 0.902. The fourth-order valence-electron chi connectivity index (χ4n) is 3.19. The van der Waals surface area contributed by atoms with Crippen LogP contribution in [-0.4, -0.2) is 54.4 Å². The molecule has 1 amide bonds. The van der Waals surface area contributed by atoms with Crippen molar-refractivity contribution in [3.05, 3.63) is 29.8 Å². The molecule has 2 atom stereocenters. The van der Waals surface area contributed by atoms with Crippen LogP contribution in [0.15, 0.2) is 24.3 Å². The van der Waals surface area contributed by atoms with Crippen molar-refractivity contribution in [2.45, 2.75) is 31.0 Å². The largest absolute Gasteiger partial charge is 0.497 e. The van der Waals surface area contributed by atoms with E-state index in [1.807, 2.05) is 24.3 Å². The van der Waals surface area contributed by atoms with Gasteiger partial charge in [0.2, 0.25) is 5.91 Å². The molecule has 2 fully saturated rings. The number of aliphatic hydroxyl groups excluding tert-OH is 1. The maximum absolute atomic E-state index is 12.4. The van der Waals surface area contributed by atoms with Crippen LogP contribution in [-0.2, 0) is 16.0 Å². The summed E-state index contributed by atoms with van der Waals surface area (Å²) in [5.41, 5.74) is 0.429. The first-order chi connectivity index (χ1) is 10.1. The van der Waals surface area contributed by atoms with Crippen molar-refractivity contribution < 1.29 is 19.4 Å². The molecule has 2 aliphatic rings. The molecule has 21 heavy (non-hydrogen) atoms. The Hall–Kier alpha value is -1.59.